The van der Waals surface area contributed by atoms with Gasteiger partial charge in [0.15, 0.2) is 5.60 Å². The smallest absolute Gasteiger partial charge is 0.349 e. The highest BCUT2D eigenvalue weighted by Crippen LogP contribution is 2.59. The highest BCUT2D eigenvalue weighted by atomic mass is 35.5. The van der Waals surface area contributed by atoms with Crippen LogP contribution < -0.4 is 4.74 Å². The SMILES string of the molecule is [2H]C([2H])([2H])C(Oc1ccc(C2CC2(Cl)Cl)cc1)(C(=O)OCC)C([2H])([2H])[2H]. The second-order valence-electron chi connectivity index (χ2n) is 4.59. The molecule has 1 aromatic rings. The Bertz CT molecular complexity index is 655. The van der Waals surface area contributed by atoms with Crippen LogP contribution >= 0.6 is 23.2 Å². The van der Waals surface area contributed by atoms with Gasteiger partial charge in [-0.1, -0.05) is 12.1 Å². The van der Waals surface area contributed by atoms with Crippen molar-refractivity contribution < 1.29 is 22.5 Å². The van der Waals surface area contributed by atoms with Crippen molar-refractivity contribution >= 4 is 29.2 Å². The first-order chi connectivity index (χ1) is 11.8. The van der Waals surface area contributed by atoms with Crippen molar-refractivity contribution in [1.29, 1.82) is 0 Å². The normalized spacial score (nSPS) is 26.1. The summed E-state index contributed by atoms with van der Waals surface area (Å²) < 4.78 is 55.0. The highest BCUT2D eigenvalue weighted by Gasteiger charge is 2.52. The van der Waals surface area contributed by atoms with Gasteiger partial charge in [-0.15, -0.1) is 23.2 Å². The Labute approximate surface area is 137 Å². The zero-order valence-corrected chi connectivity index (χ0v) is 12.3. The molecule has 0 saturated heterocycles. The zero-order valence-electron chi connectivity index (χ0n) is 16.8. The standard InChI is InChI=1S/C15H18Cl2O3/c1-4-19-13(18)14(2,3)20-11-7-5-10(6-8-11)12-9-15(12,16)17/h5-8,12H,4,9H2,1-3H3/i2D3,3D3. The molecule has 2 rings (SSSR count). The zero-order chi connectivity index (χ0) is 20.0. The first-order valence-electron chi connectivity index (χ1n) is 9.10. The Hall–Kier alpha value is -0.930. The van der Waals surface area contributed by atoms with Crippen molar-refractivity contribution in [3.8, 4) is 5.75 Å². The molecule has 0 heterocycles. The third-order valence-electron chi connectivity index (χ3n) is 2.94. The molecule has 1 unspecified atom stereocenters. The fraction of sp³-hybridized carbons (Fsp3) is 0.533. The molecule has 0 N–H and O–H groups in total. The first-order valence-corrected chi connectivity index (χ1v) is 6.86. The maximum Gasteiger partial charge on any atom is 0.349 e. The molecular weight excluding hydrogens is 299 g/mol. The van der Waals surface area contributed by atoms with E-state index in [1.807, 2.05) is 0 Å². The summed E-state index contributed by atoms with van der Waals surface area (Å²) in [6.45, 7) is -5.33. The van der Waals surface area contributed by atoms with Crippen molar-refractivity contribution in [2.75, 3.05) is 6.61 Å². The van der Waals surface area contributed by atoms with Gasteiger partial charge in [0.05, 0.1) is 6.61 Å². The molecule has 0 spiro atoms. The number of hydrogen-bond donors (Lipinski definition) is 0. The topological polar surface area (TPSA) is 35.5 Å². The lowest BCUT2D eigenvalue weighted by atomic mass is 10.1. The minimum Gasteiger partial charge on any atom is -0.476 e. The van der Waals surface area contributed by atoms with Crippen molar-refractivity contribution in [3.63, 3.8) is 0 Å². The van der Waals surface area contributed by atoms with Gasteiger partial charge in [0.1, 0.15) is 10.1 Å². The van der Waals surface area contributed by atoms with Crippen LogP contribution in [0.4, 0.5) is 0 Å². The van der Waals surface area contributed by atoms with Crippen LogP contribution in [0.1, 0.15) is 46.8 Å². The molecule has 0 amide bonds. The number of carbonyl (C=O) groups excluding carboxylic acids is 1. The lowest BCUT2D eigenvalue weighted by Crippen LogP contribution is -2.39. The van der Waals surface area contributed by atoms with Gasteiger partial charge in [-0.3, -0.25) is 0 Å². The van der Waals surface area contributed by atoms with Crippen molar-refractivity contribution in [1.82, 2.24) is 0 Å². The number of alkyl halides is 2. The van der Waals surface area contributed by atoms with Crippen LogP contribution in [0.3, 0.4) is 0 Å². The predicted octanol–water partition coefficient (Wildman–Crippen LogP) is 4.07. The van der Waals surface area contributed by atoms with Gasteiger partial charge < -0.3 is 9.47 Å². The van der Waals surface area contributed by atoms with Gasteiger partial charge in [-0.2, -0.15) is 0 Å². The van der Waals surface area contributed by atoms with E-state index >= 15 is 0 Å². The Kier molecular flexibility index (Phi) is 2.50. The maximum atomic E-state index is 12.3. The van der Waals surface area contributed by atoms with E-state index in [9.17, 15) is 4.79 Å². The lowest BCUT2D eigenvalue weighted by Gasteiger charge is -2.24. The first kappa shape index (κ1) is 9.16. The minimum atomic E-state index is -3.29. The molecule has 0 aliphatic heterocycles. The molecular formula is C15H18Cl2O3. The van der Waals surface area contributed by atoms with Gasteiger partial charge in [0.2, 0.25) is 0 Å². The Morgan fingerprint density at radius 1 is 1.45 bits per heavy atom. The molecule has 0 aromatic heterocycles. The van der Waals surface area contributed by atoms with E-state index in [1.54, 1.807) is 12.1 Å². The van der Waals surface area contributed by atoms with Crippen LogP contribution in [0.5, 0.6) is 5.75 Å². The molecule has 20 heavy (non-hydrogen) atoms. The van der Waals surface area contributed by atoms with Crippen LogP contribution in [0.15, 0.2) is 24.3 Å². The number of hydrogen-bond acceptors (Lipinski definition) is 3. The fourth-order valence-electron chi connectivity index (χ4n) is 1.79. The Morgan fingerprint density at radius 3 is 2.50 bits per heavy atom. The van der Waals surface area contributed by atoms with Crippen LogP contribution in [-0.2, 0) is 9.53 Å². The molecule has 1 aromatic carbocycles. The Morgan fingerprint density at radius 2 is 2.05 bits per heavy atom. The second-order valence-corrected chi connectivity index (χ2v) is 6.13. The molecule has 3 nitrogen and oxygen atoms in total. The third-order valence-corrected chi connectivity index (χ3v) is 3.78. The van der Waals surface area contributed by atoms with Gasteiger partial charge in [0, 0.05) is 14.1 Å². The molecule has 1 atom stereocenters. The number of halogens is 2. The Balaban J connectivity index is 2.39. The molecule has 0 radical (unpaired) electrons. The monoisotopic (exact) mass is 322 g/mol. The number of carbonyl (C=O) groups is 1. The van der Waals surface area contributed by atoms with Gasteiger partial charge >= 0.3 is 5.97 Å². The highest BCUT2D eigenvalue weighted by molar-refractivity contribution is 6.51. The van der Waals surface area contributed by atoms with Crippen LogP contribution in [0.2, 0.25) is 0 Å². The number of rotatable bonds is 5. The van der Waals surface area contributed by atoms with E-state index in [0.717, 1.165) is 5.56 Å². The minimum absolute atomic E-state index is 0.0695. The lowest BCUT2D eigenvalue weighted by molar-refractivity contribution is -0.158. The van der Waals surface area contributed by atoms with Crippen molar-refractivity contribution in [2.24, 2.45) is 0 Å². The van der Waals surface area contributed by atoms with Crippen LogP contribution in [-0.4, -0.2) is 22.5 Å². The van der Waals surface area contributed by atoms with E-state index < -0.39 is 29.6 Å². The summed E-state index contributed by atoms with van der Waals surface area (Å²) >= 11 is 12.0. The van der Waals surface area contributed by atoms with Crippen LogP contribution in [0, 0.1) is 0 Å². The fourth-order valence-corrected chi connectivity index (χ4v) is 2.35. The largest absolute Gasteiger partial charge is 0.476 e. The van der Waals surface area contributed by atoms with Crippen molar-refractivity contribution in [3.05, 3.63) is 29.8 Å². The summed E-state index contributed by atoms with van der Waals surface area (Å²) in [7, 11) is 0. The summed E-state index contributed by atoms with van der Waals surface area (Å²) in [6.07, 6.45) is 0.577. The molecule has 1 aliphatic carbocycles. The maximum absolute atomic E-state index is 12.3. The van der Waals surface area contributed by atoms with Crippen molar-refractivity contribution in [2.45, 2.75) is 42.9 Å². The van der Waals surface area contributed by atoms with Crippen LogP contribution in [0.25, 0.3) is 0 Å². The number of ether oxygens (including phenoxy) is 2. The average molecular weight is 323 g/mol. The third kappa shape index (κ3) is 3.39. The average Bonchev–Trinajstić information content (AvgIpc) is 3.11. The summed E-state index contributed by atoms with van der Waals surface area (Å²) in [6, 6.07) is 5.95. The summed E-state index contributed by atoms with van der Waals surface area (Å²) in [4.78, 5) is 12.3. The van der Waals surface area contributed by atoms with Gasteiger partial charge in [-0.25, -0.2) is 4.79 Å². The van der Waals surface area contributed by atoms with E-state index in [-0.39, 0.29) is 18.3 Å². The second kappa shape index (κ2) is 5.45. The predicted molar refractivity (Wildman–Crippen MR) is 79.6 cm³/mol. The molecule has 1 saturated carbocycles. The molecule has 0 bridgehead atoms. The van der Waals surface area contributed by atoms with Gasteiger partial charge in [-0.05, 0) is 44.7 Å². The number of benzene rings is 1. The van der Waals surface area contributed by atoms with E-state index in [0.29, 0.717) is 6.42 Å². The quantitative estimate of drug-likeness (QED) is 0.605. The van der Waals surface area contributed by atoms with E-state index in [2.05, 4.69) is 0 Å². The van der Waals surface area contributed by atoms with E-state index in [4.69, 9.17) is 40.9 Å². The summed E-state index contributed by atoms with van der Waals surface area (Å²) in [5.74, 6) is -1.63. The molecule has 5 heteroatoms. The van der Waals surface area contributed by atoms with Gasteiger partial charge in [0.25, 0.3) is 0 Å². The van der Waals surface area contributed by atoms with E-state index in [1.165, 1.54) is 19.1 Å². The molecule has 110 valence electrons. The summed E-state index contributed by atoms with van der Waals surface area (Å²) in [5.41, 5.74) is -2.34. The summed E-state index contributed by atoms with van der Waals surface area (Å²) in [5, 5.41) is 0. The molecule has 1 aliphatic rings. The number of esters is 1. The molecule has 1 fully saturated rings.